The van der Waals surface area contributed by atoms with Crippen molar-refractivity contribution in [2.24, 2.45) is 0 Å². The number of nitrogens with one attached hydrogen (secondary N) is 3. The molecule has 1 aliphatic carbocycles. The van der Waals surface area contributed by atoms with Gasteiger partial charge in [-0.05, 0) is 31.4 Å². The van der Waals surface area contributed by atoms with Crippen LogP contribution in [-0.2, 0) is 4.79 Å². The number of aryl methyl sites for hydroxylation is 1. The van der Waals surface area contributed by atoms with E-state index in [0.717, 1.165) is 24.1 Å². The first kappa shape index (κ1) is 12.4. The Bertz CT molecular complexity index is 455. The quantitative estimate of drug-likeness (QED) is 0.752. The first-order valence-corrected chi connectivity index (χ1v) is 6.05. The summed E-state index contributed by atoms with van der Waals surface area (Å²) in [6.07, 6.45) is 2.06. The molecule has 18 heavy (non-hydrogen) atoms. The van der Waals surface area contributed by atoms with E-state index in [2.05, 4.69) is 16.0 Å². The molecule has 0 aromatic heterocycles. The number of carbonyl (C=O) groups is 2. The molecule has 5 nitrogen and oxygen atoms in total. The van der Waals surface area contributed by atoms with Gasteiger partial charge in [0, 0.05) is 11.7 Å². The van der Waals surface area contributed by atoms with Gasteiger partial charge in [-0.2, -0.15) is 0 Å². The largest absolute Gasteiger partial charge is 0.335 e. The molecule has 2 rings (SSSR count). The lowest BCUT2D eigenvalue weighted by atomic mass is 10.2. The van der Waals surface area contributed by atoms with E-state index in [1.54, 1.807) is 0 Å². The van der Waals surface area contributed by atoms with Gasteiger partial charge in [0.25, 0.3) is 0 Å². The van der Waals surface area contributed by atoms with Gasteiger partial charge in [0.2, 0.25) is 5.91 Å². The molecule has 0 radical (unpaired) electrons. The molecule has 1 fully saturated rings. The molecule has 0 bridgehead atoms. The van der Waals surface area contributed by atoms with E-state index < -0.39 is 0 Å². The van der Waals surface area contributed by atoms with Crippen LogP contribution >= 0.6 is 0 Å². The van der Waals surface area contributed by atoms with Crippen molar-refractivity contribution >= 4 is 17.6 Å². The van der Waals surface area contributed by atoms with Crippen LogP contribution in [0.5, 0.6) is 0 Å². The van der Waals surface area contributed by atoms with E-state index >= 15 is 0 Å². The molecule has 1 aromatic carbocycles. The summed E-state index contributed by atoms with van der Waals surface area (Å²) in [4.78, 5) is 22.9. The third-order valence-electron chi connectivity index (χ3n) is 2.74. The molecule has 1 saturated carbocycles. The van der Waals surface area contributed by atoms with Gasteiger partial charge in [-0.1, -0.05) is 18.2 Å². The first-order chi connectivity index (χ1) is 8.65. The maximum atomic E-state index is 11.6. The molecular formula is C13H17N3O2. The molecule has 0 spiro atoms. The highest BCUT2D eigenvalue weighted by molar-refractivity contribution is 5.94. The van der Waals surface area contributed by atoms with Crippen LogP contribution in [0.3, 0.4) is 0 Å². The number of amides is 3. The summed E-state index contributed by atoms with van der Waals surface area (Å²) in [5.41, 5.74) is 1.76. The highest BCUT2D eigenvalue weighted by atomic mass is 16.2. The van der Waals surface area contributed by atoms with E-state index in [1.807, 2.05) is 31.2 Å². The molecule has 0 saturated heterocycles. The van der Waals surface area contributed by atoms with E-state index in [0.29, 0.717) is 6.04 Å². The van der Waals surface area contributed by atoms with Gasteiger partial charge >= 0.3 is 6.03 Å². The van der Waals surface area contributed by atoms with Crippen molar-refractivity contribution in [3.63, 3.8) is 0 Å². The van der Waals surface area contributed by atoms with Crippen LogP contribution in [0.4, 0.5) is 10.5 Å². The number of benzene rings is 1. The highest BCUT2D eigenvalue weighted by Crippen LogP contribution is 2.18. The van der Waals surface area contributed by atoms with Crippen molar-refractivity contribution in [2.45, 2.75) is 25.8 Å². The Balaban J connectivity index is 1.74. The molecule has 5 heteroatoms. The fourth-order valence-corrected chi connectivity index (χ4v) is 1.53. The van der Waals surface area contributed by atoms with Crippen LogP contribution in [0.15, 0.2) is 24.3 Å². The van der Waals surface area contributed by atoms with Crippen molar-refractivity contribution in [1.82, 2.24) is 10.6 Å². The number of rotatable bonds is 4. The van der Waals surface area contributed by atoms with Crippen LogP contribution in [-0.4, -0.2) is 24.5 Å². The molecule has 96 valence electrons. The van der Waals surface area contributed by atoms with Gasteiger partial charge in [-0.15, -0.1) is 0 Å². The molecule has 3 amide bonds. The summed E-state index contributed by atoms with van der Waals surface area (Å²) < 4.78 is 0. The number of urea groups is 1. The third-order valence-corrected chi connectivity index (χ3v) is 2.74. The van der Waals surface area contributed by atoms with Gasteiger partial charge in [0.15, 0.2) is 0 Å². The minimum Gasteiger partial charge on any atom is -0.335 e. The predicted molar refractivity (Wildman–Crippen MR) is 69.4 cm³/mol. The molecule has 3 N–H and O–H groups in total. The van der Waals surface area contributed by atoms with Crippen LogP contribution in [0.25, 0.3) is 0 Å². The summed E-state index contributed by atoms with van der Waals surface area (Å²) in [6.45, 7) is 1.90. The van der Waals surface area contributed by atoms with Gasteiger partial charge < -0.3 is 16.0 Å². The van der Waals surface area contributed by atoms with E-state index in [4.69, 9.17) is 0 Å². The Morgan fingerprint density at radius 2 is 2.00 bits per heavy atom. The Morgan fingerprint density at radius 3 is 2.67 bits per heavy atom. The lowest BCUT2D eigenvalue weighted by Gasteiger charge is -2.09. The fourth-order valence-electron chi connectivity index (χ4n) is 1.53. The lowest BCUT2D eigenvalue weighted by Crippen LogP contribution is -2.40. The second kappa shape index (κ2) is 5.53. The van der Waals surface area contributed by atoms with Crippen molar-refractivity contribution in [2.75, 3.05) is 11.9 Å². The molecule has 0 unspecified atom stereocenters. The standard InChI is InChI=1S/C13H17N3O2/c1-9-4-2-3-5-11(9)16-12(17)8-14-13(18)15-10-6-7-10/h2-5,10H,6-8H2,1H3,(H,16,17)(H2,14,15,18). The number of carbonyl (C=O) groups excluding carboxylic acids is 2. The normalized spacial score (nSPS) is 13.8. The van der Waals surface area contributed by atoms with E-state index in [-0.39, 0.29) is 18.5 Å². The predicted octanol–water partition coefficient (Wildman–Crippen LogP) is 1.40. The van der Waals surface area contributed by atoms with Crippen molar-refractivity contribution in [3.05, 3.63) is 29.8 Å². The van der Waals surface area contributed by atoms with Gasteiger partial charge in [-0.25, -0.2) is 4.79 Å². The summed E-state index contributed by atoms with van der Waals surface area (Å²) in [5.74, 6) is -0.227. The zero-order valence-electron chi connectivity index (χ0n) is 10.3. The summed E-state index contributed by atoms with van der Waals surface area (Å²) in [6, 6.07) is 7.53. The van der Waals surface area contributed by atoms with Crippen LogP contribution in [0.2, 0.25) is 0 Å². The van der Waals surface area contributed by atoms with Gasteiger partial charge in [-0.3, -0.25) is 4.79 Å². The summed E-state index contributed by atoms with van der Waals surface area (Å²) in [5, 5.41) is 8.04. The lowest BCUT2D eigenvalue weighted by molar-refractivity contribution is -0.115. The minimum atomic E-state index is -0.280. The molecule has 1 aromatic rings. The second-order valence-corrected chi connectivity index (χ2v) is 4.46. The first-order valence-electron chi connectivity index (χ1n) is 6.05. The number of hydrogen-bond acceptors (Lipinski definition) is 2. The Kier molecular flexibility index (Phi) is 3.82. The Labute approximate surface area is 106 Å². The topological polar surface area (TPSA) is 70.2 Å². The van der Waals surface area contributed by atoms with Crippen LogP contribution < -0.4 is 16.0 Å². The molecule has 1 aliphatic rings. The molecular weight excluding hydrogens is 230 g/mol. The number of para-hydroxylation sites is 1. The van der Waals surface area contributed by atoms with Crippen molar-refractivity contribution in [3.8, 4) is 0 Å². The zero-order chi connectivity index (χ0) is 13.0. The van der Waals surface area contributed by atoms with Crippen molar-refractivity contribution < 1.29 is 9.59 Å². The Hall–Kier alpha value is -2.04. The molecule has 0 atom stereocenters. The maximum Gasteiger partial charge on any atom is 0.315 e. The SMILES string of the molecule is Cc1ccccc1NC(=O)CNC(=O)NC1CC1. The molecule has 0 aliphatic heterocycles. The fraction of sp³-hybridized carbons (Fsp3) is 0.385. The maximum absolute atomic E-state index is 11.6. The Morgan fingerprint density at radius 1 is 1.28 bits per heavy atom. The average molecular weight is 247 g/mol. The summed E-state index contributed by atoms with van der Waals surface area (Å²) >= 11 is 0. The summed E-state index contributed by atoms with van der Waals surface area (Å²) in [7, 11) is 0. The van der Waals surface area contributed by atoms with Gasteiger partial charge in [0.05, 0.1) is 6.54 Å². The van der Waals surface area contributed by atoms with Gasteiger partial charge in [0.1, 0.15) is 0 Å². The molecule has 0 heterocycles. The van der Waals surface area contributed by atoms with Crippen molar-refractivity contribution in [1.29, 1.82) is 0 Å². The van der Waals surface area contributed by atoms with Crippen LogP contribution in [0.1, 0.15) is 18.4 Å². The minimum absolute atomic E-state index is 0.0209. The highest BCUT2D eigenvalue weighted by Gasteiger charge is 2.23. The van der Waals surface area contributed by atoms with E-state index in [9.17, 15) is 9.59 Å². The van der Waals surface area contributed by atoms with Crippen LogP contribution in [0, 0.1) is 6.92 Å². The number of hydrogen-bond donors (Lipinski definition) is 3. The third kappa shape index (κ3) is 3.76. The smallest absolute Gasteiger partial charge is 0.315 e. The monoisotopic (exact) mass is 247 g/mol. The average Bonchev–Trinajstić information content (AvgIpc) is 3.13. The van der Waals surface area contributed by atoms with E-state index in [1.165, 1.54) is 0 Å². The number of anilines is 1. The second-order valence-electron chi connectivity index (χ2n) is 4.46. The zero-order valence-corrected chi connectivity index (χ0v) is 10.3.